The average Bonchev–Trinajstić information content (AvgIpc) is 2.45. The topological polar surface area (TPSA) is 29.9 Å². The molecule has 0 fully saturated rings. The number of nitrogens with one attached hydrogen (secondary N) is 1. The molecule has 15 heavy (non-hydrogen) atoms. The van der Waals surface area contributed by atoms with Crippen LogP contribution in [0.15, 0.2) is 6.20 Å². The molecule has 0 spiro atoms. The minimum absolute atomic E-state index is 0.426. The smallest absolute Gasteiger partial charge is 0.203 e. The van der Waals surface area contributed by atoms with Crippen molar-refractivity contribution < 1.29 is 0 Å². The van der Waals surface area contributed by atoms with Crippen LogP contribution in [0, 0.1) is 6.92 Å². The van der Waals surface area contributed by atoms with Gasteiger partial charge in [0.1, 0.15) is 0 Å². The van der Waals surface area contributed by atoms with Crippen LogP contribution >= 0.6 is 11.8 Å². The molecule has 1 atom stereocenters. The summed E-state index contributed by atoms with van der Waals surface area (Å²) in [4.78, 5) is 4.48. The number of thioether (sulfide) groups is 1. The SMILES string of the molecule is CSC(C)Cn1cc(C)nc1NC(C)C. The molecule has 1 aromatic rings. The summed E-state index contributed by atoms with van der Waals surface area (Å²) < 4.78 is 2.20. The van der Waals surface area contributed by atoms with Crippen LogP contribution in [0.1, 0.15) is 26.5 Å². The first-order valence-electron chi connectivity index (χ1n) is 5.36. The first kappa shape index (κ1) is 12.4. The van der Waals surface area contributed by atoms with E-state index in [-0.39, 0.29) is 0 Å². The average molecular weight is 227 g/mol. The van der Waals surface area contributed by atoms with E-state index in [9.17, 15) is 0 Å². The predicted octanol–water partition coefficient (Wildman–Crippen LogP) is 2.76. The fourth-order valence-electron chi connectivity index (χ4n) is 1.41. The second kappa shape index (κ2) is 5.45. The molecular weight excluding hydrogens is 206 g/mol. The van der Waals surface area contributed by atoms with Gasteiger partial charge in [0.15, 0.2) is 0 Å². The summed E-state index contributed by atoms with van der Waals surface area (Å²) >= 11 is 1.88. The summed E-state index contributed by atoms with van der Waals surface area (Å²) in [5.74, 6) is 0.989. The van der Waals surface area contributed by atoms with Crippen molar-refractivity contribution in [3.63, 3.8) is 0 Å². The monoisotopic (exact) mass is 227 g/mol. The van der Waals surface area contributed by atoms with Crippen molar-refractivity contribution in [1.29, 1.82) is 0 Å². The number of nitrogens with zero attached hydrogens (tertiary/aromatic N) is 2. The summed E-state index contributed by atoms with van der Waals surface area (Å²) in [6, 6.07) is 0.426. The maximum atomic E-state index is 4.48. The molecule has 0 aromatic carbocycles. The zero-order chi connectivity index (χ0) is 11.4. The molecule has 86 valence electrons. The van der Waals surface area contributed by atoms with Crippen molar-refractivity contribution >= 4 is 17.7 Å². The second-order valence-electron chi connectivity index (χ2n) is 4.20. The van der Waals surface area contributed by atoms with Gasteiger partial charge in [-0.15, -0.1) is 0 Å². The molecular formula is C11H21N3S. The lowest BCUT2D eigenvalue weighted by Crippen LogP contribution is -2.17. The van der Waals surface area contributed by atoms with Gasteiger partial charge >= 0.3 is 0 Å². The molecule has 1 aromatic heterocycles. The highest BCUT2D eigenvalue weighted by Gasteiger charge is 2.09. The quantitative estimate of drug-likeness (QED) is 0.839. The zero-order valence-corrected chi connectivity index (χ0v) is 11.1. The van der Waals surface area contributed by atoms with Crippen LogP contribution in [0.3, 0.4) is 0 Å². The van der Waals surface area contributed by atoms with Crippen molar-refractivity contribution in [1.82, 2.24) is 9.55 Å². The highest BCUT2D eigenvalue weighted by molar-refractivity contribution is 7.99. The molecule has 3 nitrogen and oxygen atoms in total. The summed E-state index contributed by atoms with van der Waals surface area (Å²) in [6.07, 6.45) is 4.25. The third-order valence-electron chi connectivity index (χ3n) is 2.17. The van der Waals surface area contributed by atoms with Gasteiger partial charge in [-0.2, -0.15) is 11.8 Å². The van der Waals surface area contributed by atoms with Crippen LogP contribution in [0.25, 0.3) is 0 Å². The highest BCUT2D eigenvalue weighted by Crippen LogP contribution is 2.14. The van der Waals surface area contributed by atoms with E-state index in [1.165, 1.54) is 0 Å². The third kappa shape index (κ3) is 3.78. The first-order chi connectivity index (χ1) is 7.02. The Labute approximate surface area is 96.7 Å². The molecule has 0 aliphatic heterocycles. The van der Waals surface area contributed by atoms with E-state index in [0.717, 1.165) is 18.2 Å². The van der Waals surface area contributed by atoms with E-state index in [0.29, 0.717) is 11.3 Å². The molecule has 1 rings (SSSR count). The Bertz CT molecular complexity index is 307. The van der Waals surface area contributed by atoms with Gasteiger partial charge in [-0.05, 0) is 27.0 Å². The Morgan fingerprint density at radius 3 is 2.67 bits per heavy atom. The molecule has 0 aliphatic carbocycles. The molecule has 0 saturated heterocycles. The van der Waals surface area contributed by atoms with Crippen LogP contribution in [0.4, 0.5) is 5.95 Å². The Balaban J connectivity index is 2.76. The first-order valence-corrected chi connectivity index (χ1v) is 6.64. The third-order valence-corrected chi connectivity index (χ3v) is 3.12. The number of rotatable bonds is 5. The zero-order valence-electron chi connectivity index (χ0n) is 10.2. The molecule has 1 heterocycles. The molecule has 1 unspecified atom stereocenters. The minimum atomic E-state index is 0.426. The van der Waals surface area contributed by atoms with Crippen LogP contribution in [0.5, 0.6) is 0 Å². The molecule has 0 radical (unpaired) electrons. The Kier molecular flexibility index (Phi) is 4.51. The largest absolute Gasteiger partial charge is 0.353 e. The molecule has 0 amide bonds. The van der Waals surface area contributed by atoms with Crippen LogP contribution in [0.2, 0.25) is 0 Å². The fraction of sp³-hybridized carbons (Fsp3) is 0.727. The number of hydrogen-bond acceptors (Lipinski definition) is 3. The number of imidazole rings is 1. The van der Waals surface area contributed by atoms with Gasteiger partial charge in [0.2, 0.25) is 5.95 Å². The van der Waals surface area contributed by atoms with Crippen molar-refractivity contribution in [2.45, 2.75) is 45.5 Å². The summed E-state index contributed by atoms with van der Waals surface area (Å²) in [7, 11) is 0. The molecule has 0 saturated carbocycles. The predicted molar refractivity (Wildman–Crippen MR) is 68.7 cm³/mol. The van der Waals surface area contributed by atoms with Gasteiger partial charge in [-0.3, -0.25) is 0 Å². The lowest BCUT2D eigenvalue weighted by molar-refractivity contribution is 0.688. The molecule has 1 N–H and O–H groups in total. The number of hydrogen-bond donors (Lipinski definition) is 1. The highest BCUT2D eigenvalue weighted by atomic mass is 32.2. The van der Waals surface area contributed by atoms with E-state index in [2.05, 4.69) is 48.1 Å². The second-order valence-corrected chi connectivity index (χ2v) is 5.48. The van der Waals surface area contributed by atoms with Crippen LogP contribution in [-0.4, -0.2) is 27.1 Å². The van der Waals surface area contributed by atoms with E-state index >= 15 is 0 Å². The Hall–Kier alpha value is -0.640. The number of anilines is 1. The number of aromatic nitrogens is 2. The fourth-order valence-corrected chi connectivity index (χ4v) is 1.72. The van der Waals surface area contributed by atoms with Gasteiger partial charge < -0.3 is 9.88 Å². The summed E-state index contributed by atoms with van der Waals surface area (Å²) in [5, 5.41) is 3.98. The van der Waals surface area contributed by atoms with Crippen molar-refractivity contribution in [2.75, 3.05) is 11.6 Å². The van der Waals surface area contributed by atoms with Gasteiger partial charge in [-0.1, -0.05) is 6.92 Å². The summed E-state index contributed by atoms with van der Waals surface area (Å²) in [6.45, 7) is 9.54. The maximum Gasteiger partial charge on any atom is 0.203 e. The minimum Gasteiger partial charge on any atom is -0.353 e. The van der Waals surface area contributed by atoms with E-state index in [4.69, 9.17) is 0 Å². The van der Waals surface area contributed by atoms with Crippen molar-refractivity contribution in [2.24, 2.45) is 0 Å². The lowest BCUT2D eigenvalue weighted by atomic mass is 10.4. The van der Waals surface area contributed by atoms with Crippen molar-refractivity contribution in [3.05, 3.63) is 11.9 Å². The lowest BCUT2D eigenvalue weighted by Gasteiger charge is -2.14. The van der Waals surface area contributed by atoms with Gasteiger partial charge in [0.05, 0.1) is 5.69 Å². The van der Waals surface area contributed by atoms with Crippen LogP contribution < -0.4 is 5.32 Å². The molecule has 0 bridgehead atoms. The summed E-state index contributed by atoms with van der Waals surface area (Å²) in [5.41, 5.74) is 1.08. The van der Waals surface area contributed by atoms with E-state index in [1.54, 1.807) is 0 Å². The van der Waals surface area contributed by atoms with Gasteiger partial charge in [0.25, 0.3) is 0 Å². The van der Waals surface area contributed by atoms with E-state index < -0.39 is 0 Å². The number of aryl methyl sites for hydroxylation is 1. The van der Waals surface area contributed by atoms with Crippen LogP contribution in [-0.2, 0) is 6.54 Å². The molecule has 4 heteroatoms. The normalized spacial score (nSPS) is 13.2. The standard InChI is InChI=1S/C11H21N3S/c1-8(2)12-11-13-9(3)6-14(11)7-10(4)15-5/h6,8,10H,7H2,1-5H3,(H,12,13). The van der Waals surface area contributed by atoms with Gasteiger partial charge in [-0.25, -0.2) is 4.98 Å². The van der Waals surface area contributed by atoms with Crippen molar-refractivity contribution in [3.8, 4) is 0 Å². The maximum absolute atomic E-state index is 4.48. The molecule has 0 aliphatic rings. The van der Waals surface area contributed by atoms with Gasteiger partial charge in [0, 0.05) is 24.0 Å². The Morgan fingerprint density at radius 1 is 1.47 bits per heavy atom. The van der Waals surface area contributed by atoms with E-state index in [1.807, 2.05) is 18.7 Å². The Morgan fingerprint density at radius 2 is 2.13 bits per heavy atom.